The summed E-state index contributed by atoms with van der Waals surface area (Å²) in [5.41, 5.74) is 0. The molecule has 0 radical (unpaired) electrons. The number of carbonyl (C=O) groups excluding carboxylic acids is 2. The molecule has 1 fully saturated rings. The van der Waals surface area contributed by atoms with Crippen molar-refractivity contribution in [1.29, 1.82) is 0 Å². The van der Waals surface area contributed by atoms with Crippen LogP contribution < -0.4 is 16.0 Å². The number of methoxy groups -OCH3 is 1. The molecular formula is C15H30IN5O3. The standard InChI is InChI=1S/C15H29N5O3.HI/c1-4-14(22)20-8-6-12(11-20)19-15(16-5-2)18-10-13(21)17-7-9-23-3;/h12H,4-11H2,1-3H3,(H,17,21)(H2,16,18,19);1H. The molecule has 8 nitrogen and oxygen atoms in total. The van der Waals surface area contributed by atoms with E-state index >= 15 is 0 Å². The van der Waals surface area contributed by atoms with Crippen molar-refractivity contribution < 1.29 is 14.3 Å². The van der Waals surface area contributed by atoms with Crippen molar-refractivity contribution in [2.45, 2.75) is 32.7 Å². The molecule has 0 spiro atoms. The number of amides is 2. The maximum absolute atomic E-state index is 11.7. The van der Waals surface area contributed by atoms with Gasteiger partial charge in [0, 0.05) is 45.8 Å². The fourth-order valence-electron chi connectivity index (χ4n) is 2.34. The number of hydrogen-bond acceptors (Lipinski definition) is 4. The number of aliphatic imine (C=N–C) groups is 1. The SMILES string of the molecule is CCNC(=NCC(=O)NCCOC)NC1CCN(C(=O)CC)C1.I. The van der Waals surface area contributed by atoms with Gasteiger partial charge in [-0.2, -0.15) is 0 Å². The lowest BCUT2D eigenvalue weighted by Gasteiger charge is -2.18. The minimum Gasteiger partial charge on any atom is -0.383 e. The molecule has 1 heterocycles. The number of nitrogens with zero attached hydrogens (tertiary/aromatic N) is 2. The highest BCUT2D eigenvalue weighted by Crippen LogP contribution is 2.10. The Morgan fingerprint density at radius 1 is 1.29 bits per heavy atom. The molecule has 0 saturated carbocycles. The zero-order chi connectivity index (χ0) is 17.1. The Hall–Kier alpha value is -1.10. The normalized spacial score (nSPS) is 17.2. The average Bonchev–Trinajstić information content (AvgIpc) is 3.01. The maximum atomic E-state index is 11.7. The van der Waals surface area contributed by atoms with Crippen molar-refractivity contribution >= 4 is 41.8 Å². The molecule has 0 bridgehead atoms. The summed E-state index contributed by atoms with van der Waals surface area (Å²) in [4.78, 5) is 29.5. The van der Waals surface area contributed by atoms with Gasteiger partial charge in [0.15, 0.2) is 5.96 Å². The van der Waals surface area contributed by atoms with Crippen LogP contribution in [0.25, 0.3) is 0 Å². The molecule has 1 unspecified atom stereocenters. The molecule has 9 heteroatoms. The van der Waals surface area contributed by atoms with Crippen LogP contribution in [0.2, 0.25) is 0 Å². The molecule has 0 aromatic carbocycles. The van der Waals surface area contributed by atoms with Gasteiger partial charge >= 0.3 is 0 Å². The van der Waals surface area contributed by atoms with Crippen LogP contribution in [0.3, 0.4) is 0 Å². The van der Waals surface area contributed by atoms with Gasteiger partial charge in [0.1, 0.15) is 6.54 Å². The van der Waals surface area contributed by atoms with Gasteiger partial charge in [-0.25, -0.2) is 4.99 Å². The Labute approximate surface area is 161 Å². The van der Waals surface area contributed by atoms with E-state index in [1.165, 1.54) is 0 Å². The summed E-state index contributed by atoms with van der Waals surface area (Å²) in [5.74, 6) is 0.632. The highest BCUT2D eigenvalue weighted by atomic mass is 127. The summed E-state index contributed by atoms with van der Waals surface area (Å²) in [7, 11) is 1.59. The summed E-state index contributed by atoms with van der Waals surface area (Å²) >= 11 is 0. The van der Waals surface area contributed by atoms with E-state index in [9.17, 15) is 9.59 Å². The van der Waals surface area contributed by atoms with Crippen molar-refractivity contribution in [3.8, 4) is 0 Å². The van der Waals surface area contributed by atoms with Crippen molar-refractivity contribution in [1.82, 2.24) is 20.9 Å². The summed E-state index contributed by atoms with van der Waals surface area (Å²) in [5, 5.41) is 9.13. The maximum Gasteiger partial charge on any atom is 0.241 e. The fourth-order valence-corrected chi connectivity index (χ4v) is 2.34. The summed E-state index contributed by atoms with van der Waals surface area (Å²) in [6, 6.07) is 0.167. The third kappa shape index (κ3) is 8.67. The Balaban J connectivity index is 0.00000529. The van der Waals surface area contributed by atoms with E-state index in [-0.39, 0.29) is 48.4 Å². The molecule has 0 aromatic rings. The first kappa shape index (κ1) is 22.9. The Morgan fingerprint density at radius 3 is 2.67 bits per heavy atom. The number of guanidine groups is 1. The Bertz CT molecular complexity index is 420. The lowest BCUT2D eigenvalue weighted by molar-refractivity contribution is -0.129. The van der Waals surface area contributed by atoms with Gasteiger partial charge in [-0.3, -0.25) is 9.59 Å². The molecule has 1 aliphatic heterocycles. The van der Waals surface area contributed by atoms with E-state index < -0.39 is 0 Å². The van der Waals surface area contributed by atoms with Gasteiger partial charge in [0.2, 0.25) is 11.8 Å². The van der Waals surface area contributed by atoms with Crippen LogP contribution in [0.15, 0.2) is 4.99 Å². The van der Waals surface area contributed by atoms with Gasteiger partial charge in [0.05, 0.1) is 6.61 Å². The van der Waals surface area contributed by atoms with Crippen LogP contribution in [0.4, 0.5) is 0 Å². The second kappa shape index (κ2) is 13.2. The predicted molar refractivity (Wildman–Crippen MR) is 105 cm³/mol. The Kier molecular flexibility index (Phi) is 12.6. The summed E-state index contributed by atoms with van der Waals surface area (Å²) in [6.45, 7) is 7.01. The van der Waals surface area contributed by atoms with Crippen molar-refractivity contribution in [2.24, 2.45) is 4.99 Å². The zero-order valence-electron chi connectivity index (χ0n) is 14.8. The largest absolute Gasteiger partial charge is 0.383 e. The van der Waals surface area contributed by atoms with Crippen molar-refractivity contribution in [2.75, 3.05) is 46.4 Å². The van der Waals surface area contributed by atoms with E-state index in [0.717, 1.165) is 13.0 Å². The number of nitrogens with one attached hydrogen (secondary N) is 3. The van der Waals surface area contributed by atoms with Crippen LogP contribution in [-0.2, 0) is 14.3 Å². The third-order valence-corrected chi connectivity index (χ3v) is 3.54. The first-order valence-electron chi connectivity index (χ1n) is 8.18. The molecule has 0 aromatic heterocycles. The molecule has 1 aliphatic rings. The fraction of sp³-hybridized carbons (Fsp3) is 0.800. The first-order valence-corrected chi connectivity index (χ1v) is 8.18. The highest BCUT2D eigenvalue weighted by Gasteiger charge is 2.25. The number of hydrogen-bond donors (Lipinski definition) is 3. The van der Waals surface area contributed by atoms with E-state index in [1.807, 2.05) is 18.7 Å². The predicted octanol–water partition coefficient (Wildman–Crippen LogP) is -0.0670. The molecule has 3 N–H and O–H groups in total. The number of carbonyl (C=O) groups is 2. The number of rotatable bonds is 8. The Morgan fingerprint density at radius 2 is 2.04 bits per heavy atom. The van der Waals surface area contributed by atoms with Crippen LogP contribution in [-0.4, -0.2) is 75.2 Å². The first-order chi connectivity index (χ1) is 11.1. The minimum atomic E-state index is -0.145. The molecule has 140 valence electrons. The number of ether oxygens (including phenoxy) is 1. The van der Waals surface area contributed by atoms with Crippen molar-refractivity contribution in [3.63, 3.8) is 0 Å². The molecule has 2 amide bonds. The van der Waals surface area contributed by atoms with E-state index in [1.54, 1.807) is 7.11 Å². The highest BCUT2D eigenvalue weighted by molar-refractivity contribution is 14.0. The number of likely N-dealkylation sites (tertiary alicyclic amines) is 1. The average molecular weight is 455 g/mol. The van der Waals surface area contributed by atoms with Crippen LogP contribution >= 0.6 is 24.0 Å². The molecule has 1 rings (SSSR count). The third-order valence-electron chi connectivity index (χ3n) is 3.54. The second-order valence-electron chi connectivity index (χ2n) is 5.36. The van der Waals surface area contributed by atoms with E-state index in [0.29, 0.717) is 38.6 Å². The smallest absolute Gasteiger partial charge is 0.241 e. The molecule has 1 atom stereocenters. The molecular weight excluding hydrogens is 425 g/mol. The van der Waals surface area contributed by atoms with Crippen LogP contribution in [0.5, 0.6) is 0 Å². The van der Waals surface area contributed by atoms with Gasteiger partial charge < -0.3 is 25.6 Å². The molecule has 0 aliphatic carbocycles. The van der Waals surface area contributed by atoms with Crippen LogP contribution in [0, 0.1) is 0 Å². The van der Waals surface area contributed by atoms with E-state index in [2.05, 4.69) is 20.9 Å². The lowest BCUT2D eigenvalue weighted by Crippen LogP contribution is -2.45. The molecule has 24 heavy (non-hydrogen) atoms. The van der Waals surface area contributed by atoms with Gasteiger partial charge in [0.25, 0.3) is 0 Å². The number of halogens is 1. The quantitative estimate of drug-likeness (QED) is 0.206. The summed E-state index contributed by atoms with van der Waals surface area (Å²) in [6.07, 6.45) is 1.42. The van der Waals surface area contributed by atoms with Gasteiger partial charge in [-0.15, -0.1) is 24.0 Å². The molecule has 1 saturated heterocycles. The zero-order valence-corrected chi connectivity index (χ0v) is 17.1. The van der Waals surface area contributed by atoms with Crippen molar-refractivity contribution in [3.05, 3.63) is 0 Å². The summed E-state index contributed by atoms with van der Waals surface area (Å²) < 4.78 is 4.88. The lowest BCUT2D eigenvalue weighted by atomic mass is 10.3. The van der Waals surface area contributed by atoms with E-state index in [4.69, 9.17) is 4.74 Å². The van der Waals surface area contributed by atoms with Gasteiger partial charge in [-0.1, -0.05) is 6.92 Å². The topological polar surface area (TPSA) is 95.1 Å². The van der Waals surface area contributed by atoms with Gasteiger partial charge in [-0.05, 0) is 13.3 Å². The second-order valence-corrected chi connectivity index (χ2v) is 5.36. The minimum absolute atomic E-state index is 0. The van der Waals surface area contributed by atoms with Crippen LogP contribution in [0.1, 0.15) is 26.7 Å². The monoisotopic (exact) mass is 455 g/mol.